The number of fused-ring (bicyclic) bond motifs is 1. The van der Waals surface area contributed by atoms with Gasteiger partial charge in [0.25, 0.3) is 0 Å². The van der Waals surface area contributed by atoms with Crippen LogP contribution in [-0.4, -0.2) is 55.4 Å². The van der Waals surface area contributed by atoms with E-state index in [4.69, 9.17) is 0 Å². The van der Waals surface area contributed by atoms with Crippen molar-refractivity contribution in [2.24, 2.45) is 0 Å². The number of aliphatic hydroxyl groups is 1. The zero-order valence-electron chi connectivity index (χ0n) is 12.6. The van der Waals surface area contributed by atoms with E-state index in [0.717, 1.165) is 32.6 Å². The number of nitrogens with zero attached hydrogens (tertiary/aromatic N) is 1. The summed E-state index contributed by atoms with van der Waals surface area (Å²) in [5, 5.41) is 17.2. The van der Waals surface area contributed by atoms with Crippen LogP contribution >= 0.6 is 0 Å². The van der Waals surface area contributed by atoms with Crippen LogP contribution < -0.4 is 10.6 Å². The van der Waals surface area contributed by atoms with Crippen molar-refractivity contribution < 1.29 is 5.11 Å². The predicted octanol–water partition coefficient (Wildman–Crippen LogP) is 0.603. The van der Waals surface area contributed by atoms with Crippen LogP contribution in [0.3, 0.4) is 0 Å². The number of hydrogen-bond acceptors (Lipinski definition) is 4. The molecule has 20 heavy (non-hydrogen) atoms. The van der Waals surface area contributed by atoms with E-state index in [2.05, 4.69) is 53.8 Å². The quantitative estimate of drug-likeness (QED) is 0.639. The van der Waals surface area contributed by atoms with Crippen LogP contribution in [0, 0.1) is 0 Å². The molecule has 0 aliphatic carbocycles. The zero-order chi connectivity index (χ0) is 14.4. The van der Waals surface area contributed by atoms with Crippen molar-refractivity contribution in [3.63, 3.8) is 0 Å². The van der Waals surface area contributed by atoms with Gasteiger partial charge in [0.2, 0.25) is 0 Å². The summed E-state index contributed by atoms with van der Waals surface area (Å²) in [6.07, 6.45) is 0.591. The fourth-order valence-corrected chi connectivity index (χ4v) is 2.74. The molecule has 0 radical (unpaired) electrons. The molecule has 0 saturated heterocycles. The summed E-state index contributed by atoms with van der Waals surface area (Å²) in [4.78, 5) is 2.19. The molecule has 0 bridgehead atoms. The van der Waals surface area contributed by atoms with Crippen LogP contribution in [0.5, 0.6) is 0 Å². The molecule has 3 N–H and O–H groups in total. The smallest absolute Gasteiger partial charge is 0.0823 e. The molecule has 1 aliphatic heterocycles. The van der Waals surface area contributed by atoms with E-state index < -0.39 is 0 Å². The fraction of sp³-hybridized carbons (Fsp3) is 0.625. The molecular formula is C16H27N3O. The number of aliphatic hydroxyl groups excluding tert-OH is 1. The van der Waals surface area contributed by atoms with Gasteiger partial charge in [0.05, 0.1) is 6.10 Å². The minimum atomic E-state index is -0.324. The van der Waals surface area contributed by atoms with Gasteiger partial charge in [-0.15, -0.1) is 0 Å². The third kappa shape index (κ3) is 4.28. The van der Waals surface area contributed by atoms with E-state index >= 15 is 0 Å². The molecule has 0 saturated carbocycles. The monoisotopic (exact) mass is 277 g/mol. The Kier molecular flexibility index (Phi) is 5.98. The second-order valence-electron chi connectivity index (χ2n) is 5.64. The number of hydrogen-bond donors (Lipinski definition) is 3. The molecular weight excluding hydrogens is 250 g/mol. The lowest BCUT2D eigenvalue weighted by Gasteiger charge is -2.32. The molecule has 2 atom stereocenters. The van der Waals surface area contributed by atoms with Gasteiger partial charge in [0, 0.05) is 32.2 Å². The van der Waals surface area contributed by atoms with Gasteiger partial charge in [0.15, 0.2) is 0 Å². The van der Waals surface area contributed by atoms with Crippen molar-refractivity contribution in [3.05, 3.63) is 35.4 Å². The Bertz CT molecular complexity index is 410. The summed E-state index contributed by atoms with van der Waals surface area (Å²) < 4.78 is 0. The lowest BCUT2D eigenvalue weighted by Crippen LogP contribution is -2.49. The first-order valence-corrected chi connectivity index (χ1v) is 7.58. The van der Waals surface area contributed by atoms with Crippen LogP contribution in [-0.2, 0) is 13.0 Å². The molecule has 0 amide bonds. The van der Waals surface area contributed by atoms with Crippen LogP contribution in [0.15, 0.2) is 24.3 Å². The van der Waals surface area contributed by atoms with Gasteiger partial charge in [0.1, 0.15) is 0 Å². The molecule has 1 aromatic rings. The van der Waals surface area contributed by atoms with Gasteiger partial charge in [-0.25, -0.2) is 0 Å². The minimum Gasteiger partial charge on any atom is -0.390 e. The summed E-state index contributed by atoms with van der Waals surface area (Å²) in [7, 11) is 2.07. The van der Waals surface area contributed by atoms with Gasteiger partial charge in [-0.1, -0.05) is 31.2 Å². The number of likely N-dealkylation sites (N-methyl/N-ethyl adjacent to an activating group) is 2. The number of rotatable bonds is 7. The van der Waals surface area contributed by atoms with Gasteiger partial charge >= 0.3 is 0 Å². The van der Waals surface area contributed by atoms with Crippen LogP contribution in [0.4, 0.5) is 0 Å². The second-order valence-corrected chi connectivity index (χ2v) is 5.64. The third-order valence-electron chi connectivity index (χ3n) is 4.00. The maximum absolute atomic E-state index is 10.4. The Labute approximate surface area is 122 Å². The van der Waals surface area contributed by atoms with Crippen LogP contribution in [0.1, 0.15) is 18.1 Å². The van der Waals surface area contributed by atoms with Gasteiger partial charge in [-0.2, -0.15) is 0 Å². The van der Waals surface area contributed by atoms with Crippen molar-refractivity contribution in [1.82, 2.24) is 15.5 Å². The summed E-state index contributed by atoms with van der Waals surface area (Å²) in [5.41, 5.74) is 2.72. The highest BCUT2D eigenvalue weighted by Gasteiger charge is 2.24. The van der Waals surface area contributed by atoms with E-state index in [1.807, 2.05) is 0 Å². The van der Waals surface area contributed by atoms with Crippen molar-refractivity contribution in [2.45, 2.75) is 32.0 Å². The Morgan fingerprint density at radius 2 is 2.15 bits per heavy atom. The Hall–Kier alpha value is -0.940. The first kappa shape index (κ1) is 15.4. The van der Waals surface area contributed by atoms with E-state index in [-0.39, 0.29) is 12.1 Å². The molecule has 4 heteroatoms. The lowest BCUT2D eigenvalue weighted by atomic mass is 9.93. The average Bonchev–Trinajstić information content (AvgIpc) is 2.47. The number of nitrogens with one attached hydrogen (secondary N) is 2. The Morgan fingerprint density at radius 3 is 2.90 bits per heavy atom. The summed E-state index contributed by atoms with van der Waals surface area (Å²) >= 11 is 0. The molecule has 4 nitrogen and oxygen atoms in total. The summed E-state index contributed by atoms with van der Waals surface area (Å²) in [6.45, 7) is 6.62. The van der Waals surface area contributed by atoms with Crippen molar-refractivity contribution in [3.8, 4) is 0 Å². The van der Waals surface area contributed by atoms with Crippen LogP contribution in [0.2, 0.25) is 0 Å². The highest BCUT2D eigenvalue weighted by atomic mass is 16.3. The molecule has 1 aliphatic rings. The minimum absolute atomic E-state index is 0.159. The summed E-state index contributed by atoms with van der Waals surface area (Å²) in [5.74, 6) is 0. The highest BCUT2D eigenvalue weighted by Crippen LogP contribution is 2.18. The zero-order valence-corrected chi connectivity index (χ0v) is 12.6. The van der Waals surface area contributed by atoms with Gasteiger partial charge in [-0.05, 0) is 31.1 Å². The Balaban J connectivity index is 1.80. The molecule has 1 aromatic carbocycles. The normalized spacial score (nSPS) is 19.9. The van der Waals surface area contributed by atoms with Gasteiger partial charge < -0.3 is 20.6 Å². The Morgan fingerprint density at radius 1 is 1.40 bits per heavy atom. The molecule has 0 unspecified atom stereocenters. The fourth-order valence-electron chi connectivity index (χ4n) is 2.74. The van der Waals surface area contributed by atoms with Crippen molar-refractivity contribution >= 4 is 0 Å². The number of benzene rings is 1. The van der Waals surface area contributed by atoms with Crippen molar-refractivity contribution in [2.75, 3.05) is 33.2 Å². The topological polar surface area (TPSA) is 47.5 Å². The maximum Gasteiger partial charge on any atom is 0.0823 e. The molecule has 1 heterocycles. The highest BCUT2D eigenvalue weighted by molar-refractivity contribution is 5.30. The van der Waals surface area contributed by atoms with E-state index in [9.17, 15) is 5.11 Å². The van der Waals surface area contributed by atoms with Crippen molar-refractivity contribution in [1.29, 1.82) is 0 Å². The van der Waals surface area contributed by atoms with E-state index in [0.29, 0.717) is 6.54 Å². The first-order chi connectivity index (χ1) is 9.70. The largest absolute Gasteiger partial charge is 0.390 e. The average molecular weight is 277 g/mol. The third-order valence-corrected chi connectivity index (χ3v) is 4.00. The SMILES string of the molecule is CCNCCN(C)C[C@@H](O)[C@@H]1Cc2ccccc2CN1. The first-order valence-electron chi connectivity index (χ1n) is 7.58. The van der Waals surface area contributed by atoms with Crippen LogP contribution in [0.25, 0.3) is 0 Å². The molecule has 2 rings (SSSR count). The molecule has 0 spiro atoms. The summed E-state index contributed by atoms with van der Waals surface area (Å²) in [6, 6.07) is 8.65. The standard InChI is InChI=1S/C16H27N3O/c1-3-17-8-9-19(2)12-16(20)15-10-13-6-4-5-7-14(13)11-18-15/h4-7,15-18,20H,3,8-12H2,1-2H3/t15-,16+/m0/s1. The molecule has 0 fully saturated rings. The van der Waals surface area contributed by atoms with E-state index in [1.54, 1.807) is 0 Å². The van der Waals surface area contributed by atoms with E-state index in [1.165, 1.54) is 11.1 Å². The van der Waals surface area contributed by atoms with Gasteiger partial charge in [-0.3, -0.25) is 0 Å². The lowest BCUT2D eigenvalue weighted by molar-refractivity contribution is 0.0859. The second kappa shape index (κ2) is 7.74. The predicted molar refractivity (Wildman–Crippen MR) is 82.8 cm³/mol. The molecule has 112 valence electrons. The maximum atomic E-state index is 10.4. The molecule has 0 aromatic heterocycles.